The van der Waals surface area contributed by atoms with Crippen molar-refractivity contribution >= 4 is 64.4 Å². The third-order valence-electron chi connectivity index (χ3n) is 7.00. The van der Waals surface area contributed by atoms with Gasteiger partial charge in [0.05, 0.1) is 28.8 Å². The molecule has 3 aliphatic carbocycles. The van der Waals surface area contributed by atoms with E-state index < -0.39 is 95.8 Å². The Labute approximate surface area is 246 Å². The normalized spacial score (nSPS) is 31.9. The average molecular weight is 577 g/mol. The van der Waals surface area contributed by atoms with E-state index in [1.165, 1.54) is 38.1 Å². The van der Waals surface area contributed by atoms with E-state index in [0.29, 0.717) is 0 Å². The molecular weight excluding hydrogens is 552 g/mol. The van der Waals surface area contributed by atoms with E-state index in [4.69, 9.17) is 19.8 Å². The van der Waals surface area contributed by atoms with E-state index in [1.54, 1.807) is 0 Å². The van der Waals surface area contributed by atoms with Gasteiger partial charge in [-0.15, -0.1) is 0 Å². The summed E-state index contributed by atoms with van der Waals surface area (Å²) in [7, 11) is -0.373. The third-order valence-corrected chi connectivity index (χ3v) is 7.00. The zero-order valence-electron chi connectivity index (χ0n) is 20.4. The van der Waals surface area contributed by atoms with Crippen molar-refractivity contribution in [3.63, 3.8) is 0 Å². The fraction of sp³-hybridized carbons (Fsp3) is 0.409. The molecule has 0 aromatic heterocycles. The van der Waals surface area contributed by atoms with E-state index in [1.807, 2.05) is 0 Å². The first-order valence-corrected chi connectivity index (χ1v) is 12.0. The Morgan fingerprint density at radius 2 is 1.68 bits per heavy atom. The van der Waals surface area contributed by atoms with Crippen LogP contribution in [0.3, 0.4) is 0 Å². The number of hydrogen-bond donors (Lipinski definition) is 7. The number of ketones is 2. The van der Waals surface area contributed by atoms with Crippen LogP contribution in [-0.4, -0.2) is 131 Å². The van der Waals surface area contributed by atoms with E-state index in [9.17, 15) is 45.0 Å². The van der Waals surface area contributed by atoms with Crippen LogP contribution in [-0.2, 0) is 19.7 Å². The van der Waals surface area contributed by atoms with Crippen molar-refractivity contribution in [3.05, 3.63) is 52.0 Å². The SMILES string of the molecule is CN(C)[C@@H]1C([O-])=C(C(N)=O)C(=O)[C@@]2(O)C(O)=C3C(=O)c4c([O-])cccc4[C@@](C)(O)[C@H]3[C@H](O)[C@@H]12.O=[Si](O)O.[Ca+2]. The maximum atomic E-state index is 13.3. The second-order valence-electron chi connectivity index (χ2n) is 9.30. The summed E-state index contributed by atoms with van der Waals surface area (Å²) in [6.45, 7) is 1.21. The summed E-state index contributed by atoms with van der Waals surface area (Å²) >= 11 is 0. The first kappa shape index (κ1) is 31.8. The fourth-order valence-electron chi connectivity index (χ4n) is 5.56. The van der Waals surface area contributed by atoms with Crippen molar-refractivity contribution in [2.45, 2.75) is 30.3 Å². The predicted octanol–water partition coefficient (Wildman–Crippen LogP) is -5.07. The zero-order chi connectivity index (χ0) is 28.4. The average Bonchev–Trinajstić information content (AvgIpc) is 2.75. The number of primary amides is 1. The van der Waals surface area contributed by atoms with Gasteiger partial charge in [-0.25, -0.2) is 0 Å². The molecule has 200 valence electrons. The molecule has 0 unspecified atom stereocenters. The number of nitrogens with two attached hydrogens (primary N) is 1. The number of benzene rings is 1. The Morgan fingerprint density at radius 3 is 2.16 bits per heavy atom. The van der Waals surface area contributed by atoms with Crippen LogP contribution in [0.4, 0.5) is 0 Å². The molecule has 0 fully saturated rings. The number of aliphatic hydroxyl groups is 4. The molecule has 14 nitrogen and oxygen atoms in total. The molecule has 0 bridgehead atoms. The topological polar surface area (TPSA) is 265 Å². The number of carbonyl (C=O) groups is 3. The van der Waals surface area contributed by atoms with Crippen LogP contribution in [0.25, 0.3) is 0 Å². The summed E-state index contributed by atoms with van der Waals surface area (Å²) in [5.74, 6) is -10.6. The fourth-order valence-corrected chi connectivity index (χ4v) is 5.56. The van der Waals surface area contributed by atoms with Gasteiger partial charge in [0.25, 0.3) is 5.91 Å². The van der Waals surface area contributed by atoms with Crippen LogP contribution in [0.1, 0.15) is 22.8 Å². The maximum absolute atomic E-state index is 13.3. The van der Waals surface area contributed by atoms with Gasteiger partial charge in [-0.2, -0.15) is 0 Å². The zero-order valence-corrected chi connectivity index (χ0v) is 23.6. The van der Waals surface area contributed by atoms with Gasteiger partial charge in [0, 0.05) is 17.5 Å². The summed E-state index contributed by atoms with van der Waals surface area (Å²) in [4.78, 5) is 53.9. The molecule has 16 heteroatoms. The van der Waals surface area contributed by atoms with E-state index in [0.717, 1.165) is 6.07 Å². The number of amides is 1. The van der Waals surface area contributed by atoms with Crippen LogP contribution in [0.15, 0.2) is 40.9 Å². The van der Waals surface area contributed by atoms with Gasteiger partial charge in [-0.05, 0) is 26.6 Å². The van der Waals surface area contributed by atoms with E-state index in [-0.39, 0.29) is 43.3 Å². The Bertz CT molecular complexity index is 1290. The molecule has 0 saturated heterocycles. The Kier molecular flexibility index (Phi) is 8.93. The molecule has 0 radical (unpaired) electrons. The number of aliphatic hydroxyl groups excluding tert-OH is 2. The number of rotatable bonds is 2. The first-order valence-electron chi connectivity index (χ1n) is 10.7. The number of nitrogens with zero attached hydrogens (tertiary/aromatic N) is 1. The van der Waals surface area contributed by atoms with Gasteiger partial charge in [0.1, 0.15) is 5.76 Å². The summed E-state index contributed by atoms with van der Waals surface area (Å²) in [5, 5.41) is 70.8. The minimum absolute atomic E-state index is 0. The number of likely N-dealkylation sites (N-methyl/N-ethyl adjacent to an activating group) is 1. The standard InChI is InChI=1S/C22H24N2O9.Ca.H2O3Si/c1-21(32)7-5-4-6-8(25)9(7)15(26)10-12(21)17(28)13-14(24(2)3)16(27)11(20(23)31)19(30)22(13,33)18(10)29;;1-4(2)3/h4-6,12-14,17,25,27-29,32-33H,1-3H3,(H2,23,31);;1-2H/q;+2;/p-2/t12-,13-,14+,17+,21-,22+;;/m1../s1. The van der Waals surface area contributed by atoms with Crippen molar-refractivity contribution in [2.75, 3.05) is 14.1 Å². The quantitative estimate of drug-likeness (QED) is 0.128. The molecule has 0 saturated carbocycles. The van der Waals surface area contributed by atoms with E-state index in [2.05, 4.69) is 0 Å². The van der Waals surface area contributed by atoms with Gasteiger partial charge < -0.3 is 50.9 Å². The van der Waals surface area contributed by atoms with Crippen LogP contribution >= 0.6 is 0 Å². The first-order chi connectivity index (χ1) is 16.9. The second-order valence-corrected chi connectivity index (χ2v) is 9.87. The molecule has 8 N–H and O–H groups in total. The van der Waals surface area contributed by atoms with Gasteiger partial charge >= 0.3 is 46.9 Å². The summed E-state index contributed by atoms with van der Waals surface area (Å²) < 4.78 is 8.74. The number of Topliss-reactive ketones (excluding diaryl/α,β-unsaturated/α-hetero) is 2. The van der Waals surface area contributed by atoms with Crippen molar-refractivity contribution in [2.24, 2.45) is 17.6 Å². The minimum atomic E-state index is -3.13. The molecule has 38 heavy (non-hydrogen) atoms. The van der Waals surface area contributed by atoms with Crippen molar-refractivity contribution < 1.29 is 59.1 Å². The Hall–Kier alpha value is -2.37. The summed E-state index contributed by atoms with van der Waals surface area (Å²) in [6, 6.07) is 2.17. The second kappa shape index (κ2) is 10.7. The van der Waals surface area contributed by atoms with Crippen LogP contribution in [0, 0.1) is 11.8 Å². The smallest absolute Gasteiger partial charge is 0.874 e. The summed E-state index contributed by atoms with van der Waals surface area (Å²) in [6.07, 6.45) is -1.93. The number of fused-ring (bicyclic) bond motifs is 3. The molecular formula is C22H24CaN2O12Si. The minimum Gasteiger partial charge on any atom is -0.874 e. The van der Waals surface area contributed by atoms with Crippen LogP contribution in [0.2, 0.25) is 0 Å². The molecule has 4 rings (SSSR count). The molecule has 1 aromatic rings. The molecule has 1 amide bonds. The molecule has 3 aliphatic rings. The molecule has 1 aromatic carbocycles. The molecule has 0 aliphatic heterocycles. The molecule has 0 spiro atoms. The summed E-state index contributed by atoms with van der Waals surface area (Å²) in [5.41, 5.74) is -2.44. The van der Waals surface area contributed by atoms with Crippen molar-refractivity contribution in [1.29, 1.82) is 0 Å². The Morgan fingerprint density at radius 1 is 1.16 bits per heavy atom. The molecule has 0 heterocycles. The van der Waals surface area contributed by atoms with Crippen molar-refractivity contribution in [3.8, 4) is 5.75 Å². The Balaban J connectivity index is 0.000000947. The monoisotopic (exact) mass is 576 g/mol. The van der Waals surface area contributed by atoms with Crippen LogP contribution < -0.4 is 15.9 Å². The van der Waals surface area contributed by atoms with Gasteiger partial charge in [0.15, 0.2) is 11.4 Å². The van der Waals surface area contributed by atoms with Crippen LogP contribution in [0.5, 0.6) is 5.75 Å². The largest absolute Gasteiger partial charge is 2.00 e. The maximum Gasteiger partial charge on any atom is 2.00 e. The van der Waals surface area contributed by atoms with E-state index >= 15 is 0 Å². The predicted molar refractivity (Wildman–Crippen MR) is 123 cm³/mol. The van der Waals surface area contributed by atoms with Gasteiger partial charge in [-0.3, -0.25) is 18.8 Å². The van der Waals surface area contributed by atoms with Crippen molar-refractivity contribution in [1.82, 2.24) is 4.90 Å². The van der Waals surface area contributed by atoms with Gasteiger partial charge in [0.2, 0.25) is 5.78 Å². The third kappa shape index (κ3) is 4.46. The van der Waals surface area contributed by atoms with Gasteiger partial charge in [-0.1, -0.05) is 29.7 Å². The number of hydrogen-bond acceptors (Lipinski definition) is 11. The number of carbonyl (C=O) groups excluding carboxylic acids is 3. The molecule has 6 atom stereocenters.